The fraction of sp³-hybridized carbons (Fsp3) is 0.111. The molecule has 3 heterocycles. The summed E-state index contributed by atoms with van der Waals surface area (Å²) in [5, 5.41) is 18.4. The van der Waals surface area contributed by atoms with Crippen LogP contribution in [0.5, 0.6) is 0 Å². The zero-order valence-corrected chi connectivity index (χ0v) is 10.8. The predicted octanol–water partition coefficient (Wildman–Crippen LogP) is 1.16. The molecule has 0 aromatic carbocycles. The molecule has 3 aromatic rings. The summed E-state index contributed by atoms with van der Waals surface area (Å²) in [6.07, 6.45) is 1.94. The minimum Gasteiger partial charge on any atom is -0.298 e. The number of nitrogens with two attached hydrogens (primary N) is 1. The quantitative estimate of drug-likeness (QED) is 0.420. The molecule has 0 bridgehead atoms. The lowest BCUT2D eigenvalue weighted by Gasteiger charge is -1.96. The van der Waals surface area contributed by atoms with Gasteiger partial charge in [0.05, 0.1) is 5.75 Å². The van der Waals surface area contributed by atoms with Gasteiger partial charge in [0.15, 0.2) is 10.8 Å². The van der Waals surface area contributed by atoms with Crippen LogP contribution in [0, 0.1) is 0 Å². The van der Waals surface area contributed by atoms with E-state index >= 15 is 0 Å². The minimum absolute atomic E-state index is 0.608. The third-order valence-electron chi connectivity index (χ3n) is 2.20. The molecule has 0 aliphatic carbocycles. The lowest BCUT2D eigenvalue weighted by atomic mass is 10.5. The van der Waals surface area contributed by atoms with E-state index < -0.39 is 0 Å². The molecule has 0 radical (unpaired) electrons. The summed E-state index contributed by atoms with van der Waals surface area (Å²) in [4.78, 5) is 0. The highest BCUT2D eigenvalue weighted by molar-refractivity contribution is 7.98. The topological polar surface area (TPSA) is 94.0 Å². The second-order valence-corrected chi connectivity index (χ2v) is 5.35. The van der Waals surface area contributed by atoms with Crippen molar-refractivity contribution in [3.8, 4) is 0 Å². The van der Waals surface area contributed by atoms with E-state index in [-0.39, 0.29) is 0 Å². The average Bonchev–Trinajstić information content (AvgIpc) is 3.03. The number of hydrogen-bond donors (Lipinski definition) is 2. The van der Waals surface area contributed by atoms with E-state index in [0.717, 1.165) is 15.8 Å². The maximum Gasteiger partial charge on any atom is 0.219 e. The van der Waals surface area contributed by atoms with Crippen LogP contribution in [0.15, 0.2) is 29.6 Å². The molecule has 0 spiro atoms. The van der Waals surface area contributed by atoms with E-state index in [4.69, 9.17) is 5.84 Å². The fourth-order valence-corrected chi connectivity index (χ4v) is 2.97. The van der Waals surface area contributed by atoms with Gasteiger partial charge in [-0.25, -0.2) is 5.84 Å². The highest BCUT2D eigenvalue weighted by Gasteiger charge is 2.08. The third kappa shape index (κ3) is 2.15. The van der Waals surface area contributed by atoms with E-state index in [1.165, 1.54) is 11.3 Å². The molecule has 0 saturated carbocycles. The molecule has 3 aromatic heterocycles. The Bertz CT molecular complexity index is 662. The lowest BCUT2D eigenvalue weighted by Crippen LogP contribution is -2.05. The number of anilines is 1. The van der Waals surface area contributed by atoms with Crippen molar-refractivity contribution in [1.82, 2.24) is 24.8 Å². The predicted molar refractivity (Wildman–Crippen MR) is 70.3 cm³/mol. The minimum atomic E-state index is 0.608. The van der Waals surface area contributed by atoms with E-state index in [1.807, 2.05) is 28.8 Å². The Morgan fingerprint density at radius 1 is 1.28 bits per heavy atom. The molecule has 0 saturated heterocycles. The first-order chi connectivity index (χ1) is 8.86. The molecule has 0 unspecified atom stereocenters. The van der Waals surface area contributed by atoms with E-state index in [1.54, 1.807) is 11.8 Å². The van der Waals surface area contributed by atoms with Gasteiger partial charge in [-0.05, 0) is 12.1 Å². The van der Waals surface area contributed by atoms with Crippen LogP contribution >= 0.6 is 23.1 Å². The van der Waals surface area contributed by atoms with Gasteiger partial charge in [-0.1, -0.05) is 29.2 Å². The van der Waals surface area contributed by atoms with Crippen molar-refractivity contribution >= 4 is 33.9 Å². The molecule has 0 aliphatic rings. The Morgan fingerprint density at radius 2 is 2.22 bits per heavy atom. The molecule has 3 N–H and O–H groups in total. The number of nitrogens with one attached hydrogen (secondary N) is 1. The Balaban J connectivity index is 1.76. The Hall–Kier alpha value is -1.71. The number of rotatable bonds is 4. The second-order valence-electron chi connectivity index (χ2n) is 3.35. The summed E-state index contributed by atoms with van der Waals surface area (Å²) < 4.78 is 1.94. The number of pyridine rings is 1. The molecule has 92 valence electrons. The van der Waals surface area contributed by atoms with Crippen LogP contribution < -0.4 is 11.3 Å². The van der Waals surface area contributed by atoms with Crippen LogP contribution in [-0.2, 0) is 5.75 Å². The molecule has 9 heteroatoms. The van der Waals surface area contributed by atoms with Gasteiger partial charge in [-0.3, -0.25) is 9.83 Å². The normalized spacial score (nSPS) is 10.9. The van der Waals surface area contributed by atoms with Crippen molar-refractivity contribution in [2.24, 2.45) is 5.84 Å². The van der Waals surface area contributed by atoms with Crippen molar-refractivity contribution in [1.29, 1.82) is 0 Å². The summed E-state index contributed by atoms with van der Waals surface area (Å²) in [5.74, 6) is 5.94. The molecular formula is C9H9N7S2. The Kier molecular flexibility index (Phi) is 3.09. The van der Waals surface area contributed by atoms with Gasteiger partial charge in [0.2, 0.25) is 5.13 Å². The lowest BCUT2D eigenvalue weighted by molar-refractivity contribution is 0.919. The maximum atomic E-state index is 5.25. The summed E-state index contributed by atoms with van der Waals surface area (Å²) in [6.45, 7) is 0. The summed E-state index contributed by atoms with van der Waals surface area (Å²) >= 11 is 2.99. The van der Waals surface area contributed by atoms with Crippen molar-refractivity contribution < 1.29 is 0 Å². The number of aromatic nitrogens is 5. The smallest absolute Gasteiger partial charge is 0.219 e. The number of fused-ring (bicyclic) bond motifs is 1. The average molecular weight is 279 g/mol. The molecule has 0 amide bonds. The van der Waals surface area contributed by atoms with Crippen LogP contribution in [0.3, 0.4) is 0 Å². The van der Waals surface area contributed by atoms with Crippen LogP contribution in [0.25, 0.3) is 5.65 Å². The highest BCUT2D eigenvalue weighted by atomic mass is 32.2. The number of thioether (sulfide) groups is 1. The summed E-state index contributed by atoms with van der Waals surface area (Å²) in [6, 6.07) is 5.79. The third-order valence-corrected chi connectivity index (χ3v) is 4.19. The molecule has 18 heavy (non-hydrogen) atoms. The Labute approximate surface area is 110 Å². The number of hydrazine groups is 1. The van der Waals surface area contributed by atoms with Gasteiger partial charge in [0, 0.05) is 6.20 Å². The first-order valence-corrected chi connectivity index (χ1v) is 6.88. The first kappa shape index (κ1) is 11.4. The van der Waals surface area contributed by atoms with Gasteiger partial charge >= 0.3 is 0 Å². The molecular weight excluding hydrogens is 270 g/mol. The first-order valence-electron chi connectivity index (χ1n) is 5.08. The number of nitrogens with zero attached hydrogens (tertiary/aromatic N) is 5. The van der Waals surface area contributed by atoms with Gasteiger partial charge in [0.25, 0.3) is 0 Å². The number of nitrogen functional groups attached to an aromatic ring is 1. The van der Waals surface area contributed by atoms with Crippen molar-refractivity contribution in [2.45, 2.75) is 10.9 Å². The second kappa shape index (κ2) is 4.88. The monoisotopic (exact) mass is 279 g/mol. The van der Waals surface area contributed by atoms with Crippen LogP contribution in [0.1, 0.15) is 5.01 Å². The van der Waals surface area contributed by atoms with E-state index in [0.29, 0.717) is 10.9 Å². The van der Waals surface area contributed by atoms with Crippen molar-refractivity contribution in [2.75, 3.05) is 5.43 Å². The fourth-order valence-electron chi connectivity index (χ4n) is 1.41. The molecule has 7 nitrogen and oxygen atoms in total. The largest absolute Gasteiger partial charge is 0.298 e. The van der Waals surface area contributed by atoms with Gasteiger partial charge < -0.3 is 0 Å². The molecule has 0 aliphatic heterocycles. The van der Waals surface area contributed by atoms with E-state index in [9.17, 15) is 0 Å². The molecule has 3 rings (SSSR count). The van der Waals surface area contributed by atoms with Crippen LogP contribution in [0.4, 0.5) is 5.13 Å². The van der Waals surface area contributed by atoms with Crippen molar-refractivity contribution in [3.05, 3.63) is 29.4 Å². The van der Waals surface area contributed by atoms with Crippen LogP contribution in [0.2, 0.25) is 0 Å². The summed E-state index contributed by atoms with van der Waals surface area (Å²) in [7, 11) is 0. The Morgan fingerprint density at radius 3 is 3.06 bits per heavy atom. The highest BCUT2D eigenvalue weighted by Crippen LogP contribution is 2.24. The zero-order valence-electron chi connectivity index (χ0n) is 9.15. The van der Waals surface area contributed by atoms with Gasteiger partial charge in [-0.15, -0.1) is 20.4 Å². The molecule has 0 atom stereocenters. The molecule has 0 fully saturated rings. The van der Waals surface area contributed by atoms with Gasteiger partial charge in [-0.2, -0.15) is 0 Å². The zero-order chi connectivity index (χ0) is 12.4. The SMILES string of the molecule is NNc1nnc(CSc2nnc3ccccn23)s1. The van der Waals surface area contributed by atoms with E-state index in [2.05, 4.69) is 25.8 Å². The number of hydrogen-bond acceptors (Lipinski definition) is 8. The van der Waals surface area contributed by atoms with Gasteiger partial charge in [0.1, 0.15) is 5.01 Å². The van der Waals surface area contributed by atoms with Crippen LogP contribution in [-0.4, -0.2) is 24.8 Å². The van der Waals surface area contributed by atoms with Crippen molar-refractivity contribution in [3.63, 3.8) is 0 Å². The maximum absolute atomic E-state index is 5.25. The summed E-state index contributed by atoms with van der Waals surface area (Å²) in [5.41, 5.74) is 3.31. The standard InChI is InChI=1S/C9H9N7S2/c10-11-8-14-13-7(18-8)5-17-9-15-12-6-3-1-2-4-16(6)9/h1-4H,5,10H2,(H,11,14).